The van der Waals surface area contributed by atoms with Crippen LogP contribution in [0.15, 0.2) is 69.0 Å². The average Bonchev–Trinajstić information content (AvgIpc) is 3.23. The van der Waals surface area contributed by atoms with Gasteiger partial charge in [0, 0.05) is 11.1 Å². The highest BCUT2D eigenvalue weighted by molar-refractivity contribution is 7.98. The number of carboxylic acid groups (broad SMARTS) is 1. The lowest BCUT2D eigenvalue weighted by Gasteiger charge is -2.42. The van der Waals surface area contributed by atoms with Crippen LogP contribution in [0.4, 0.5) is 4.79 Å². The third-order valence-corrected chi connectivity index (χ3v) is 7.18. The summed E-state index contributed by atoms with van der Waals surface area (Å²) in [6, 6.07) is 19.1. The predicted octanol–water partition coefficient (Wildman–Crippen LogP) is 5.22. The van der Waals surface area contributed by atoms with Gasteiger partial charge in [-0.2, -0.15) is 10.2 Å². The van der Waals surface area contributed by atoms with E-state index in [1.54, 1.807) is 6.26 Å². The highest BCUT2D eigenvalue weighted by Gasteiger charge is 2.40. The number of benzene rings is 2. The van der Waals surface area contributed by atoms with E-state index in [2.05, 4.69) is 10.3 Å². The van der Waals surface area contributed by atoms with Crippen molar-refractivity contribution in [3.63, 3.8) is 0 Å². The van der Waals surface area contributed by atoms with Crippen molar-refractivity contribution in [1.29, 1.82) is 5.26 Å². The smallest absolute Gasteiger partial charge is 0.405 e. The van der Waals surface area contributed by atoms with Crippen LogP contribution in [0.1, 0.15) is 24.8 Å². The number of hydrogen-bond donors (Lipinski definition) is 2. The molecule has 0 aliphatic heterocycles. The molecule has 2 aromatic carbocycles. The molecule has 5 rings (SSSR count). The number of rotatable bonds is 6. The summed E-state index contributed by atoms with van der Waals surface area (Å²) >= 11 is 1.28. The molecule has 1 aliphatic rings. The van der Waals surface area contributed by atoms with Crippen LogP contribution in [-0.4, -0.2) is 27.0 Å². The van der Waals surface area contributed by atoms with Gasteiger partial charge < -0.3 is 14.8 Å². The van der Waals surface area contributed by atoms with Crippen LogP contribution in [-0.2, 0) is 12.1 Å². The molecule has 0 atom stereocenters. The molecular formula is C26H22N4O4S. The van der Waals surface area contributed by atoms with Crippen molar-refractivity contribution in [2.75, 3.05) is 6.26 Å². The van der Waals surface area contributed by atoms with Crippen molar-refractivity contribution in [1.82, 2.24) is 14.9 Å². The number of furan rings is 1. The third kappa shape index (κ3) is 3.86. The van der Waals surface area contributed by atoms with Gasteiger partial charge >= 0.3 is 6.09 Å². The van der Waals surface area contributed by atoms with Crippen molar-refractivity contribution in [3.8, 4) is 28.5 Å². The fraction of sp³-hybridized carbons (Fsp3) is 0.231. The number of nitrogens with zero attached hydrogens (tertiary/aromatic N) is 3. The first-order chi connectivity index (χ1) is 17.0. The second-order valence-corrected chi connectivity index (χ2v) is 9.22. The Balaban J connectivity index is 1.71. The monoisotopic (exact) mass is 486 g/mol. The van der Waals surface area contributed by atoms with E-state index in [1.807, 2.05) is 60.7 Å². The lowest BCUT2D eigenvalue weighted by Crippen LogP contribution is -2.50. The second kappa shape index (κ2) is 8.96. The molecule has 0 spiro atoms. The second-order valence-electron chi connectivity index (χ2n) is 8.44. The van der Waals surface area contributed by atoms with E-state index < -0.39 is 11.6 Å². The first-order valence-corrected chi connectivity index (χ1v) is 12.4. The first kappa shape index (κ1) is 22.7. The standard InChI is InChI=1S/C26H22N4O4S/c1-35-24-28-22-20(23(31)30(24)15-14-27)19(16-6-3-2-4-7-16)21(34-22)17-8-10-18(11-9-17)26(12-5-13-26)29-25(32)33/h2-4,6-11,29H,5,12-13,15H2,1H3,(H,32,33). The number of aromatic nitrogens is 2. The molecule has 1 amide bonds. The Labute approximate surface area is 205 Å². The summed E-state index contributed by atoms with van der Waals surface area (Å²) in [4.78, 5) is 29.4. The molecular weight excluding hydrogens is 464 g/mol. The maximum Gasteiger partial charge on any atom is 0.405 e. The summed E-state index contributed by atoms with van der Waals surface area (Å²) in [5, 5.41) is 22.0. The Hall–Kier alpha value is -4.03. The molecule has 1 saturated carbocycles. The molecule has 1 aliphatic carbocycles. The molecule has 2 aromatic heterocycles. The molecule has 176 valence electrons. The van der Waals surface area contributed by atoms with Gasteiger partial charge in [0.1, 0.15) is 17.7 Å². The van der Waals surface area contributed by atoms with Gasteiger partial charge in [-0.15, -0.1) is 0 Å². The highest BCUT2D eigenvalue weighted by atomic mass is 32.2. The number of carbonyl (C=O) groups is 1. The zero-order valence-electron chi connectivity index (χ0n) is 18.9. The Morgan fingerprint density at radius 1 is 1.20 bits per heavy atom. The van der Waals surface area contributed by atoms with Crippen molar-refractivity contribution >= 4 is 29.0 Å². The molecule has 0 saturated heterocycles. The van der Waals surface area contributed by atoms with E-state index in [4.69, 9.17) is 4.42 Å². The van der Waals surface area contributed by atoms with Crippen LogP contribution in [0.5, 0.6) is 0 Å². The number of nitriles is 1. The fourth-order valence-corrected chi connectivity index (χ4v) is 5.22. The normalized spacial score (nSPS) is 14.3. The van der Waals surface area contributed by atoms with Gasteiger partial charge in [-0.1, -0.05) is 66.4 Å². The SMILES string of the molecule is CSc1nc2oc(-c3ccc(C4(NC(=O)O)CCC4)cc3)c(-c3ccccc3)c2c(=O)n1CC#N. The van der Waals surface area contributed by atoms with Crippen molar-refractivity contribution in [2.24, 2.45) is 0 Å². The molecule has 4 aromatic rings. The Bertz CT molecular complexity index is 1510. The summed E-state index contributed by atoms with van der Waals surface area (Å²) in [5.74, 6) is 0.498. The molecule has 9 heteroatoms. The van der Waals surface area contributed by atoms with Gasteiger partial charge in [-0.05, 0) is 36.6 Å². The van der Waals surface area contributed by atoms with Crippen LogP contribution in [0.2, 0.25) is 0 Å². The van der Waals surface area contributed by atoms with E-state index in [9.17, 15) is 20.0 Å². The minimum atomic E-state index is -1.04. The maximum absolute atomic E-state index is 13.5. The molecule has 8 nitrogen and oxygen atoms in total. The maximum atomic E-state index is 13.5. The quantitative estimate of drug-likeness (QED) is 0.283. The Kier molecular flexibility index (Phi) is 5.83. The van der Waals surface area contributed by atoms with Crippen molar-refractivity contribution in [3.05, 3.63) is 70.5 Å². The minimum absolute atomic E-state index is 0.111. The van der Waals surface area contributed by atoms with Crippen LogP contribution in [0, 0.1) is 11.3 Å². The summed E-state index contributed by atoms with van der Waals surface area (Å²) in [7, 11) is 0. The van der Waals surface area contributed by atoms with Crippen LogP contribution in [0.25, 0.3) is 33.6 Å². The number of hydrogen-bond acceptors (Lipinski definition) is 6. The molecule has 35 heavy (non-hydrogen) atoms. The van der Waals surface area contributed by atoms with E-state index in [-0.39, 0.29) is 17.8 Å². The Morgan fingerprint density at radius 2 is 1.91 bits per heavy atom. The number of nitrogens with one attached hydrogen (secondary N) is 1. The molecule has 0 unspecified atom stereocenters. The van der Waals surface area contributed by atoms with Crippen LogP contribution >= 0.6 is 11.8 Å². The lowest BCUT2D eigenvalue weighted by molar-refractivity contribution is 0.144. The van der Waals surface area contributed by atoms with E-state index >= 15 is 0 Å². The van der Waals surface area contributed by atoms with Crippen LogP contribution < -0.4 is 10.9 Å². The van der Waals surface area contributed by atoms with Gasteiger partial charge in [-0.25, -0.2) is 4.79 Å². The zero-order chi connectivity index (χ0) is 24.6. The predicted molar refractivity (Wildman–Crippen MR) is 133 cm³/mol. The molecule has 2 N–H and O–H groups in total. The van der Waals surface area contributed by atoms with E-state index in [1.165, 1.54) is 16.3 Å². The molecule has 2 heterocycles. The van der Waals surface area contributed by atoms with Crippen molar-refractivity contribution < 1.29 is 14.3 Å². The summed E-state index contributed by atoms with van der Waals surface area (Å²) in [6.45, 7) is -0.111. The topological polar surface area (TPSA) is 121 Å². The van der Waals surface area contributed by atoms with Gasteiger partial charge in [0.25, 0.3) is 5.56 Å². The molecule has 1 fully saturated rings. The highest BCUT2D eigenvalue weighted by Crippen LogP contribution is 2.43. The molecule has 0 bridgehead atoms. The van der Waals surface area contributed by atoms with Gasteiger partial charge in [0.15, 0.2) is 5.16 Å². The molecule has 0 radical (unpaired) electrons. The third-order valence-electron chi connectivity index (χ3n) is 6.50. The Morgan fingerprint density at radius 3 is 2.49 bits per heavy atom. The largest absolute Gasteiger partial charge is 0.465 e. The van der Waals surface area contributed by atoms with Gasteiger partial charge in [-0.3, -0.25) is 9.36 Å². The van der Waals surface area contributed by atoms with Crippen molar-refractivity contribution in [2.45, 2.75) is 36.5 Å². The number of thioether (sulfide) groups is 1. The van der Waals surface area contributed by atoms with E-state index in [0.717, 1.165) is 36.0 Å². The van der Waals surface area contributed by atoms with Gasteiger partial charge in [0.2, 0.25) is 5.71 Å². The minimum Gasteiger partial charge on any atom is -0.465 e. The fourth-order valence-electron chi connectivity index (χ4n) is 4.68. The van der Waals surface area contributed by atoms with Gasteiger partial charge in [0.05, 0.1) is 11.6 Å². The summed E-state index contributed by atoms with van der Waals surface area (Å²) in [6.07, 6.45) is 3.21. The van der Waals surface area contributed by atoms with Crippen LogP contribution in [0.3, 0.4) is 0 Å². The number of amides is 1. The number of fused-ring (bicyclic) bond motifs is 1. The summed E-state index contributed by atoms with van der Waals surface area (Å²) < 4.78 is 7.56. The summed E-state index contributed by atoms with van der Waals surface area (Å²) in [5.41, 5.74) is 2.37. The first-order valence-electron chi connectivity index (χ1n) is 11.1. The average molecular weight is 487 g/mol. The zero-order valence-corrected chi connectivity index (χ0v) is 19.8. The van der Waals surface area contributed by atoms with E-state index in [0.29, 0.717) is 21.9 Å². The lowest BCUT2D eigenvalue weighted by atomic mass is 9.72.